The van der Waals surface area contributed by atoms with Crippen molar-refractivity contribution in [1.29, 1.82) is 0 Å². The third-order valence-electron chi connectivity index (χ3n) is 5.72. The predicted octanol–water partition coefficient (Wildman–Crippen LogP) is 5.29. The van der Waals surface area contributed by atoms with Crippen LogP contribution in [0.2, 0.25) is 5.02 Å². The topological polar surface area (TPSA) is 92.8 Å². The lowest BCUT2D eigenvalue weighted by Gasteiger charge is -2.23. The molecule has 2 aromatic carbocycles. The van der Waals surface area contributed by atoms with Crippen LogP contribution in [0.3, 0.4) is 0 Å². The lowest BCUT2D eigenvalue weighted by atomic mass is 10.1. The number of hydrogen-bond acceptors (Lipinski definition) is 6. The van der Waals surface area contributed by atoms with E-state index in [1.54, 1.807) is 55.5 Å². The number of amides is 1. The minimum Gasteiger partial charge on any atom is -0.462 e. The second kappa shape index (κ2) is 10.4. The first-order valence-electron chi connectivity index (χ1n) is 11.1. The van der Waals surface area contributed by atoms with Gasteiger partial charge in [-0.25, -0.2) is 13.2 Å². The smallest absolute Gasteiger partial charge is 0.341 e. The highest BCUT2D eigenvalue weighted by Gasteiger charge is 2.28. The third-order valence-corrected chi connectivity index (χ3v) is 8.43. The molecular formula is C25H25ClN2O5S2. The average molecular weight is 533 g/mol. The average Bonchev–Trinajstić information content (AvgIpc) is 3.39. The molecule has 0 unspecified atom stereocenters. The fourth-order valence-electron chi connectivity index (χ4n) is 4.05. The summed E-state index contributed by atoms with van der Waals surface area (Å²) in [7, 11) is -3.61. The van der Waals surface area contributed by atoms with E-state index < -0.39 is 16.0 Å². The first-order valence-corrected chi connectivity index (χ1v) is 14.2. The van der Waals surface area contributed by atoms with E-state index in [4.69, 9.17) is 16.3 Å². The van der Waals surface area contributed by atoms with Gasteiger partial charge in [-0.2, -0.15) is 0 Å². The molecule has 3 aromatic rings. The van der Waals surface area contributed by atoms with Gasteiger partial charge in [-0.15, -0.1) is 11.3 Å². The van der Waals surface area contributed by atoms with Gasteiger partial charge >= 0.3 is 5.97 Å². The Kier molecular flexibility index (Phi) is 7.49. The van der Waals surface area contributed by atoms with Crippen molar-refractivity contribution in [2.45, 2.75) is 32.7 Å². The normalized spacial score (nSPS) is 12.8. The largest absolute Gasteiger partial charge is 0.462 e. The molecule has 0 atom stereocenters. The molecule has 0 fully saturated rings. The molecule has 1 aliphatic rings. The highest BCUT2D eigenvalue weighted by atomic mass is 35.5. The molecule has 1 aromatic heterocycles. The second-order valence-electron chi connectivity index (χ2n) is 8.14. The number of nitrogens with one attached hydrogen (secondary N) is 1. The molecule has 0 saturated carbocycles. The van der Waals surface area contributed by atoms with Gasteiger partial charge in [0.1, 0.15) is 5.00 Å². The molecule has 184 valence electrons. The molecule has 0 radical (unpaired) electrons. The van der Waals surface area contributed by atoms with Crippen molar-refractivity contribution in [3.8, 4) is 0 Å². The number of halogens is 1. The van der Waals surface area contributed by atoms with Gasteiger partial charge in [-0.1, -0.05) is 29.8 Å². The zero-order valence-electron chi connectivity index (χ0n) is 19.3. The van der Waals surface area contributed by atoms with Gasteiger partial charge in [0.15, 0.2) is 0 Å². The summed E-state index contributed by atoms with van der Waals surface area (Å²) >= 11 is 7.63. The standard InChI is InChI=1S/C25H25ClN2O5S2/c1-3-33-25(30)22-19-8-6-10-21(19)34-24(22)27-23(29)16-11-13-18(14-12-16)28(35(2,31)32)15-17-7-4-5-9-20(17)26/h4-5,7,9,11-14H,3,6,8,10,15H2,1-2H3,(H,27,29). The van der Waals surface area contributed by atoms with Crippen molar-refractivity contribution >= 4 is 55.5 Å². The summed E-state index contributed by atoms with van der Waals surface area (Å²) in [6.45, 7) is 2.06. The Morgan fingerprint density at radius 1 is 1.11 bits per heavy atom. The van der Waals surface area contributed by atoms with E-state index in [2.05, 4.69) is 5.32 Å². The number of nitrogens with zero attached hydrogens (tertiary/aromatic N) is 1. The Morgan fingerprint density at radius 2 is 1.83 bits per heavy atom. The van der Waals surface area contributed by atoms with E-state index in [1.165, 1.54) is 15.6 Å². The van der Waals surface area contributed by atoms with Crippen LogP contribution < -0.4 is 9.62 Å². The molecule has 1 N–H and O–H groups in total. The van der Waals surface area contributed by atoms with Crippen LogP contribution in [0, 0.1) is 0 Å². The Hall–Kier alpha value is -2.88. The van der Waals surface area contributed by atoms with Crippen LogP contribution in [0.5, 0.6) is 0 Å². The maximum absolute atomic E-state index is 13.0. The number of anilines is 2. The first kappa shape index (κ1) is 25.2. The summed E-state index contributed by atoms with van der Waals surface area (Å²) in [5.74, 6) is -0.819. The number of hydrogen-bond donors (Lipinski definition) is 1. The van der Waals surface area contributed by atoms with Gasteiger partial charge in [0.25, 0.3) is 5.91 Å². The molecule has 7 nitrogen and oxygen atoms in total. The lowest BCUT2D eigenvalue weighted by molar-refractivity contribution is 0.0527. The number of fused-ring (bicyclic) bond motifs is 1. The van der Waals surface area contributed by atoms with Gasteiger partial charge in [0.05, 0.1) is 30.7 Å². The van der Waals surface area contributed by atoms with E-state index in [0.717, 1.165) is 36.0 Å². The minimum absolute atomic E-state index is 0.0632. The SMILES string of the molecule is CCOC(=O)c1c(NC(=O)c2ccc(N(Cc3ccccc3Cl)S(C)(=O)=O)cc2)sc2c1CCC2. The number of esters is 1. The Balaban J connectivity index is 1.56. The van der Waals surface area contributed by atoms with Crippen LogP contribution in [0.4, 0.5) is 10.7 Å². The lowest BCUT2D eigenvalue weighted by Crippen LogP contribution is -2.29. The van der Waals surface area contributed by atoms with E-state index in [0.29, 0.717) is 32.4 Å². The van der Waals surface area contributed by atoms with Crippen molar-refractivity contribution in [1.82, 2.24) is 0 Å². The van der Waals surface area contributed by atoms with E-state index >= 15 is 0 Å². The van der Waals surface area contributed by atoms with Gasteiger partial charge in [0, 0.05) is 15.5 Å². The number of carbonyl (C=O) groups is 2. The van der Waals surface area contributed by atoms with E-state index in [1.807, 2.05) is 0 Å². The van der Waals surface area contributed by atoms with Crippen LogP contribution in [-0.2, 0) is 34.1 Å². The van der Waals surface area contributed by atoms with Gasteiger partial charge in [0.2, 0.25) is 10.0 Å². The Bertz CT molecular complexity index is 1370. The van der Waals surface area contributed by atoms with Crippen LogP contribution in [-0.4, -0.2) is 33.2 Å². The zero-order valence-corrected chi connectivity index (χ0v) is 21.7. The van der Waals surface area contributed by atoms with Gasteiger partial charge in [-0.3, -0.25) is 9.10 Å². The maximum Gasteiger partial charge on any atom is 0.341 e. The fourth-order valence-corrected chi connectivity index (χ4v) is 6.39. The molecule has 0 spiro atoms. The summed E-state index contributed by atoms with van der Waals surface area (Å²) in [4.78, 5) is 26.6. The summed E-state index contributed by atoms with van der Waals surface area (Å²) in [5, 5.41) is 3.81. The summed E-state index contributed by atoms with van der Waals surface area (Å²) in [5.41, 5.74) is 2.81. The Morgan fingerprint density at radius 3 is 2.49 bits per heavy atom. The monoisotopic (exact) mass is 532 g/mol. The van der Waals surface area contributed by atoms with Crippen molar-refractivity contribution in [3.05, 3.63) is 80.7 Å². The number of carbonyl (C=O) groups excluding carboxylic acids is 2. The molecule has 1 aliphatic carbocycles. The van der Waals surface area contributed by atoms with Crippen molar-refractivity contribution in [2.75, 3.05) is 22.5 Å². The van der Waals surface area contributed by atoms with Gasteiger partial charge in [-0.05, 0) is 67.6 Å². The highest BCUT2D eigenvalue weighted by Crippen LogP contribution is 2.39. The number of ether oxygens (including phenoxy) is 1. The van der Waals surface area contributed by atoms with Crippen LogP contribution in [0.15, 0.2) is 48.5 Å². The fraction of sp³-hybridized carbons (Fsp3) is 0.280. The maximum atomic E-state index is 13.0. The molecule has 1 amide bonds. The van der Waals surface area contributed by atoms with E-state index in [-0.39, 0.29) is 19.1 Å². The van der Waals surface area contributed by atoms with E-state index in [9.17, 15) is 18.0 Å². The molecule has 10 heteroatoms. The van der Waals surface area contributed by atoms with Crippen LogP contribution in [0.25, 0.3) is 0 Å². The number of aryl methyl sites for hydroxylation is 1. The summed E-state index contributed by atoms with van der Waals surface area (Å²) in [6, 6.07) is 13.3. The number of sulfonamides is 1. The molecule has 0 aliphatic heterocycles. The minimum atomic E-state index is -3.61. The van der Waals surface area contributed by atoms with Crippen LogP contribution in [0.1, 0.15) is 50.1 Å². The molecule has 1 heterocycles. The molecule has 0 saturated heterocycles. The summed E-state index contributed by atoms with van der Waals surface area (Å²) < 4.78 is 31.4. The van der Waals surface area contributed by atoms with Crippen molar-refractivity contribution in [2.24, 2.45) is 0 Å². The number of thiophene rings is 1. The molecule has 4 rings (SSSR count). The van der Waals surface area contributed by atoms with Crippen molar-refractivity contribution < 1.29 is 22.7 Å². The molecular weight excluding hydrogens is 508 g/mol. The first-order chi connectivity index (χ1) is 16.7. The summed E-state index contributed by atoms with van der Waals surface area (Å²) in [6.07, 6.45) is 3.77. The predicted molar refractivity (Wildman–Crippen MR) is 139 cm³/mol. The second-order valence-corrected chi connectivity index (χ2v) is 11.6. The van der Waals surface area contributed by atoms with Gasteiger partial charge < -0.3 is 10.1 Å². The number of benzene rings is 2. The molecule has 35 heavy (non-hydrogen) atoms. The Labute approximate surface area is 213 Å². The third kappa shape index (κ3) is 5.52. The number of rotatable bonds is 8. The van der Waals surface area contributed by atoms with Crippen molar-refractivity contribution in [3.63, 3.8) is 0 Å². The van der Waals surface area contributed by atoms with Crippen LogP contribution >= 0.6 is 22.9 Å². The molecule has 0 bridgehead atoms. The zero-order chi connectivity index (χ0) is 25.2. The highest BCUT2D eigenvalue weighted by molar-refractivity contribution is 7.92. The quantitative estimate of drug-likeness (QED) is 0.398.